The van der Waals surface area contributed by atoms with E-state index in [1.54, 1.807) is 34.2 Å². The smallest absolute Gasteiger partial charge is 0.259 e. The normalized spacial score (nSPS) is 14.9. The Labute approximate surface area is 167 Å². The van der Waals surface area contributed by atoms with Crippen LogP contribution in [0.1, 0.15) is 58.6 Å². The van der Waals surface area contributed by atoms with Crippen LogP contribution in [0, 0.1) is 5.82 Å². The lowest BCUT2D eigenvalue weighted by molar-refractivity contribution is 0.0996. The summed E-state index contributed by atoms with van der Waals surface area (Å²) in [5.41, 5.74) is 7.47. The average Bonchev–Trinajstić information content (AvgIpc) is 3.32. The predicted octanol–water partition coefficient (Wildman–Crippen LogP) is 4.56. The van der Waals surface area contributed by atoms with Crippen LogP contribution in [0.3, 0.4) is 0 Å². The number of rotatable bonds is 7. The summed E-state index contributed by atoms with van der Waals surface area (Å²) in [7, 11) is 1.76. The van der Waals surface area contributed by atoms with Gasteiger partial charge >= 0.3 is 0 Å². The molecule has 0 bridgehead atoms. The number of halogens is 1. The monoisotopic (exact) mass is 400 g/mol. The molecule has 28 heavy (non-hydrogen) atoms. The number of unbranched alkanes of at least 4 members (excludes halogenated alkanes) is 1. The maximum Gasteiger partial charge on any atom is 0.259 e. The van der Waals surface area contributed by atoms with Crippen LogP contribution in [0.2, 0.25) is 0 Å². The molecule has 0 spiro atoms. The summed E-state index contributed by atoms with van der Waals surface area (Å²) in [5, 5.41) is 4.83. The van der Waals surface area contributed by atoms with Gasteiger partial charge in [0.1, 0.15) is 5.52 Å². The summed E-state index contributed by atoms with van der Waals surface area (Å²) in [6, 6.07) is 5.28. The molecule has 1 amide bonds. The number of carbonyl (C=O) groups is 1. The number of amides is 1. The summed E-state index contributed by atoms with van der Waals surface area (Å²) in [6.07, 6.45) is 6.13. The van der Waals surface area contributed by atoms with E-state index in [1.807, 2.05) is 12.1 Å². The Kier molecular flexibility index (Phi) is 5.21. The van der Waals surface area contributed by atoms with Crippen molar-refractivity contribution >= 4 is 33.8 Å². The summed E-state index contributed by atoms with van der Waals surface area (Å²) >= 11 is 1.71. The van der Waals surface area contributed by atoms with Gasteiger partial charge in [0, 0.05) is 34.1 Å². The topological polar surface area (TPSA) is 64.2 Å². The van der Waals surface area contributed by atoms with Gasteiger partial charge in [-0.25, -0.2) is 4.39 Å². The van der Waals surface area contributed by atoms with Gasteiger partial charge < -0.3 is 10.6 Å². The average molecular weight is 401 g/mol. The fourth-order valence-corrected chi connectivity index (χ4v) is 5.27. The van der Waals surface area contributed by atoms with E-state index in [9.17, 15) is 9.18 Å². The van der Waals surface area contributed by atoms with E-state index in [0.717, 1.165) is 36.1 Å². The van der Waals surface area contributed by atoms with Crippen molar-refractivity contribution in [3.8, 4) is 0 Å². The minimum Gasteiger partial charge on any atom is -0.330 e. The van der Waals surface area contributed by atoms with Crippen molar-refractivity contribution in [3.63, 3.8) is 0 Å². The van der Waals surface area contributed by atoms with E-state index in [-0.39, 0.29) is 5.91 Å². The molecule has 7 heteroatoms. The van der Waals surface area contributed by atoms with Crippen molar-refractivity contribution in [1.29, 1.82) is 0 Å². The van der Waals surface area contributed by atoms with Gasteiger partial charge in [-0.15, -0.1) is 11.3 Å². The minimum atomic E-state index is -0.403. The quantitative estimate of drug-likeness (QED) is 0.632. The minimum absolute atomic E-state index is 0.0536. The standard InChI is InChI=1S/C21H25FN4OS/c1-3-4-5-13(6-7-23)18-10-16-19(28-18)12-26(21(16)27)15-8-14-11-25(2)24-20(14)17(22)9-15/h8-11,13H,3-7,12,23H2,1-2H3. The first-order chi connectivity index (χ1) is 13.5. The van der Waals surface area contributed by atoms with Crippen molar-refractivity contribution < 1.29 is 9.18 Å². The van der Waals surface area contributed by atoms with E-state index >= 15 is 0 Å². The van der Waals surface area contributed by atoms with Gasteiger partial charge in [-0.05, 0) is 43.5 Å². The highest BCUT2D eigenvalue weighted by atomic mass is 32.1. The molecule has 1 unspecified atom stereocenters. The lowest BCUT2D eigenvalue weighted by atomic mass is 9.96. The highest BCUT2D eigenvalue weighted by molar-refractivity contribution is 7.12. The second-order valence-electron chi connectivity index (χ2n) is 7.46. The first-order valence-electron chi connectivity index (χ1n) is 9.79. The second kappa shape index (κ2) is 7.64. The zero-order valence-corrected chi connectivity index (χ0v) is 17.1. The zero-order valence-electron chi connectivity index (χ0n) is 16.2. The van der Waals surface area contributed by atoms with Gasteiger partial charge in [0.15, 0.2) is 5.82 Å². The number of carbonyl (C=O) groups excluding carboxylic acids is 1. The van der Waals surface area contributed by atoms with E-state index in [4.69, 9.17) is 5.73 Å². The molecule has 2 N–H and O–H groups in total. The molecule has 0 radical (unpaired) electrons. The van der Waals surface area contributed by atoms with Gasteiger partial charge in [0.05, 0.1) is 12.1 Å². The second-order valence-corrected chi connectivity index (χ2v) is 8.63. The first-order valence-corrected chi connectivity index (χ1v) is 10.6. The summed E-state index contributed by atoms with van der Waals surface area (Å²) in [4.78, 5) is 17.0. The summed E-state index contributed by atoms with van der Waals surface area (Å²) in [5.74, 6) is -0.0347. The fraction of sp³-hybridized carbons (Fsp3) is 0.429. The number of hydrogen-bond acceptors (Lipinski definition) is 4. The largest absolute Gasteiger partial charge is 0.330 e. The molecule has 0 fully saturated rings. The number of fused-ring (bicyclic) bond motifs is 2. The van der Waals surface area contributed by atoms with Crippen molar-refractivity contribution in [1.82, 2.24) is 9.78 Å². The molecule has 148 valence electrons. The lowest BCUT2D eigenvalue weighted by Gasteiger charge is -2.17. The number of benzene rings is 1. The predicted molar refractivity (Wildman–Crippen MR) is 111 cm³/mol. The number of thiophene rings is 1. The lowest BCUT2D eigenvalue weighted by Crippen LogP contribution is -2.23. The molecule has 4 rings (SSSR count). The maximum absolute atomic E-state index is 14.4. The summed E-state index contributed by atoms with van der Waals surface area (Å²) in [6.45, 7) is 3.34. The van der Waals surface area contributed by atoms with Gasteiger partial charge in [0.25, 0.3) is 5.91 Å². The molecule has 3 heterocycles. The van der Waals surface area contributed by atoms with Crippen LogP contribution in [0.25, 0.3) is 10.9 Å². The van der Waals surface area contributed by atoms with Gasteiger partial charge in [-0.2, -0.15) is 5.10 Å². The number of anilines is 1. The Hall–Kier alpha value is -2.25. The number of nitrogens with two attached hydrogens (primary N) is 1. The van der Waals surface area contributed by atoms with Crippen LogP contribution in [0.4, 0.5) is 10.1 Å². The molecule has 3 aromatic rings. The van der Waals surface area contributed by atoms with Crippen LogP contribution >= 0.6 is 11.3 Å². The molecule has 1 atom stereocenters. The van der Waals surface area contributed by atoms with Gasteiger partial charge in [-0.3, -0.25) is 9.48 Å². The first kappa shape index (κ1) is 19.1. The molecule has 2 aromatic heterocycles. The van der Waals surface area contributed by atoms with Crippen molar-refractivity contribution in [2.24, 2.45) is 12.8 Å². The molecule has 1 aromatic carbocycles. The van der Waals surface area contributed by atoms with E-state index in [1.165, 1.54) is 10.9 Å². The molecular weight excluding hydrogens is 375 g/mol. The Morgan fingerprint density at radius 3 is 2.86 bits per heavy atom. The van der Waals surface area contributed by atoms with E-state index < -0.39 is 5.82 Å². The van der Waals surface area contributed by atoms with E-state index in [2.05, 4.69) is 12.0 Å². The molecule has 5 nitrogen and oxygen atoms in total. The van der Waals surface area contributed by atoms with Crippen LogP contribution in [0.5, 0.6) is 0 Å². The third-order valence-electron chi connectivity index (χ3n) is 5.40. The number of nitrogens with zero attached hydrogens (tertiary/aromatic N) is 3. The molecule has 1 aliphatic rings. The molecular formula is C21H25FN4OS. The fourth-order valence-electron chi connectivity index (χ4n) is 3.95. The van der Waals surface area contributed by atoms with Crippen molar-refractivity contribution in [2.45, 2.75) is 45.1 Å². The third-order valence-corrected chi connectivity index (χ3v) is 6.68. The Bertz CT molecular complexity index is 1030. The number of hydrogen-bond donors (Lipinski definition) is 1. The number of aryl methyl sites for hydroxylation is 1. The SMILES string of the molecule is CCCCC(CCN)c1cc2c(s1)CN(c1cc(F)c3nn(C)cc3c1)C2=O. The van der Waals surface area contributed by atoms with Gasteiger partial charge in [0.2, 0.25) is 0 Å². The zero-order chi connectivity index (χ0) is 19.8. The molecule has 0 aliphatic carbocycles. The van der Waals surface area contributed by atoms with Crippen molar-refractivity contribution in [3.05, 3.63) is 45.5 Å². The van der Waals surface area contributed by atoms with Crippen LogP contribution in [-0.2, 0) is 13.6 Å². The van der Waals surface area contributed by atoms with Crippen LogP contribution in [-0.4, -0.2) is 22.2 Å². The molecule has 0 saturated heterocycles. The molecule has 0 saturated carbocycles. The third kappa shape index (κ3) is 3.33. The maximum atomic E-state index is 14.4. The molecule has 1 aliphatic heterocycles. The highest BCUT2D eigenvalue weighted by Crippen LogP contribution is 2.39. The van der Waals surface area contributed by atoms with Crippen molar-refractivity contribution in [2.75, 3.05) is 11.4 Å². The number of aromatic nitrogens is 2. The Morgan fingerprint density at radius 2 is 2.14 bits per heavy atom. The Morgan fingerprint density at radius 1 is 1.32 bits per heavy atom. The highest BCUT2D eigenvalue weighted by Gasteiger charge is 2.32. The van der Waals surface area contributed by atoms with E-state index in [0.29, 0.717) is 35.6 Å². The van der Waals surface area contributed by atoms with Crippen LogP contribution < -0.4 is 10.6 Å². The Balaban J connectivity index is 1.61. The summed E-state index contributed by atoms with van der Waals surface area (Å²) < 4.78 is 16.0. The van der Waals surface area contributed by atoms with Crippen LogP contribution in [0.15, 0.2) is 24.4 Å². The van der Waals surface area contributed by atoms with Gasteiger partial charge in [-0.1, -0.05) is 19.8 Å².